The summed E-state index contributed by atoms with van der Waals surface area (Å²) in [4.78, 5) is 4.38. The van der Waals surface area contributed by atoms with Gasteiger partial charge in [0.25, 0.3) is 0 Å². The van der Waals surface area contributed by atoms with Crippen molar-refractivity contribution in [2.24, 2.45) is 0 Å². The highest BCUT2D eigenvalue weighted by Crippen LogP contribution is 2.12. The van der Waals surface area contributed by atoms with E-state index in [4.69, 9.17) is 5.73 Å². The summed E-state index contributed by atoms with van der Waals surface area (Å²) >= 11 is 1.67. The molecular weight excluding hydrogens is 249 g/mol. The molecule has 3 nitrogen and oxygen atoms in total. The lowest BCUT2D eigenvalue weighted by atomic mass is 10.2. The third kappa shape index (κ3) is 3.51. The van der Waals surface area contributed by atoms with Crippen molar-refractivity contribution in [2.45, 2.75) is 19.9 Å². The van der Waals surface area contributed by atoms with E-state index in [0.717, 1.165) is 29.2 Å². The number of nitrogen functional groups attached to an aromatic ring is 1. The first-order valence-electron chi connectivity index (χ1n) is 5.81. The predicted molar refractivity (Wildman–Crippen MR) is 73.1 cm³/mol. The van der Waals surface area contributed by atoms with Gasteiger partial charge in [-0.2, -0.15) is 0 Å². The maximum atomic E-state index is 13.2. The minimum atomic E-state index is -0.357. The zero-order valence-electron chi connectivity index (χ0n) is 10.2. The van der Waals surface area contributed by atoms with Gasteiger partial charge in [-0.15, -0.1) is 11.3 Å². The molecule has 0 amide bonds. The van der Waals surface area contributed by atoms with Crippen LogP contribution in [0.15, 0.2) is 23.6 Å². The van der Waals surface area contributed by atoms with E-state index in [9.17, 15) is 4.39 Å². The normalized spacial score (nSPS) is 10.8. The molecule has 1 aromatic heterocycles. The quantitative estimate of drug-likeness (QED) is 0.645. The van der Waals surface area contributed by atoms with E-state index < -0.39 is 0 Å². The van der Waals surface area contributed by atoms with Crippen LogP contribution in [0.4, 0.5) is 10.1 Å². The molecule has 0 atom stereocenters. The van der Waals surface area contributed by atoms with E-state index in [1.807, 2.05) is 18.4 Å². The summed E-state index contributed by atoms with van der Waals surface area (Å²) in [5.74, 6) is -0.357. The molecule has 5 heteroatoms. The van der Waals surface area contributed by atoms with Crippen molar-refractivity contribution in [3.05, 3.63) is 45.7 Å². The lowest BCUT2D eigenvalue weighted by Crippen LogP contribution is -2.16. The Bertz CT molecular complexity index is 525. The summed E-state index contributed by atoms with van der Waals surface area (Å²) in [5.41, 5.74) is 7.58. The number of anilines is 1. The number of rotatable bonds is 5. The molecule has 1 aromatic carbocycles. The maximum absolute atomic E-state index is 13.2. The average molecular weight is 265 g/mol. The van der Waals surface area contributed by atoms with Crippen LogP contribution < -0.4 is 11.1 Å². The van der Waals surface area contributed by atoms with Crippen molar-refractivity contribution in [2.75, 3.05) is 12.3 Å². The predicted octanol–water partition coefficient (Wildman–Crippen LogP) is 2.51. The molecule has 2 aromatic rings. The molecule has 0 saturated carbocycles. The average Bonchev–Trinajstić information content (AvgIpc) is 2.75. The summed E-state index contributed by atoms with van der Waals surface area (Å²) in [7, 11) is 0. The van der Waals surface area contributed by atoms with E-state index in [-0.39, 0.29) is 11.5 Å². The van der Waals surface area contributed by atoms with Crippen molar-refractivity contribution in [1.29, 1.82) is 0 Å². The van der Waals surface area contributed by atoms with Gasteiger partial charge in [0.2, 0.25) is 0 Å². The number of nitrogens with one attached hydrogen (secondary N) is 1. The van der Waals surface area contributed by atoms with Gasteiger partial charge in [0, 0.05) is 30.6 Å². The van der Waals surface area contributed by atoms with Crippen LogP contribution in [0.2, 0.25) is 0 Å². The van der Waals surface area contributed by atoms with Crippen molar-refractivity contribution in [3.8, 4) is 0 Å². The highest BCUT2D eigenvalue weighted by atomic mass is 32.1. The van der Waals surface area contributed by atoms with Gasteiger partial charge < -0.3 is 11.1 Å². The number of aryl methyl sites for hydroxylation is 1. The monoisotopic (exact) mass is 265 g/mol. The third-order valence-electron chi connectivity index (χ3n) is 2.58. The molecule has 3 N–H and O–H groups in total. The number of nitrogens with two attached hydrogens (primary N) is 1. The van der Waals surface area contributed by atoms with Crippen molar-refractivity contribution >= 4 is 17.0 Å². The standard InChI is InChI=1S/C13H16FN3S/c1-9-8-18-13(17-9)4-5-16-7-10-2-3-12(15)11(14)6-10/h2-3,6,8,16H,4-5,7,15H2,1H3. The molecule has 0 aliphatic rings. The highest BCUT2D eigenvalue weighted by Gasteiger charge is 2.01. The fourth-order valence-corrected chi connectivity index (χ4v) is 2.40. The van der Waals surface area contributed by atoms with Gasteiger partial charge >= 0.3 is 0 Å². The lowest BCUT2D eigenvalue weighted by Gasteiger charge is -2.05. The van der Waals surface area contributed by atoms with Crippen LogP contribution >= 0.6 is 11.3 Å². The molecule has 0 spiro atoms. The van der Waals surface area contributed by atoms with Crippen LogP contribution in [0.3, 0.4) is 0 Å². The molecule has 0 fully saturated rings. The second-order valence-corrected chi connectivity index (χ2v) is 5.11. The van der Waals surface area contributed by atoms with Crippen LogP contribution in [-0.4, -0.2) is 11.5 Å². The van der Waals surface area contributed by atoms with Crippen molar-refractivity contribution in [1.82, 2.24) is 10.3 Å². The molecule has 18 heavy (non-hydrogen) atoms. The molecule has 0 unspecified atom stereocenters. The van der Waals surface area contributed by atoms with Crippen molar-refractivity contribution < 1.29 is 4.39 Å². The molecule has 0 saturated heterocycles. The fourth-order valence-electron chi connectivity index (χ4n) is 1.63. The second-order valence-electron chi connectivity index (χ2n) is 4.17. The van der Waals surface area contributed by atoms with Gasteiger partial charge in [-0.05, 0) is 24.6 Å². The Morgan fingerprint density at radius 3 is 2.94 bits per heavy atom. The fraction of sp³-hybridized carbons (Fsp3) is 0.308. The minimum Gasteiger partial charge on any atom is -0.396 e. The van der Waals surface area contributed by atoms with E-state index in [1.165, 1.54) is 6.07 Å². The van der Waals surface area contributed by atoms with E-state index in [0.29, 0.717) is 6.54 Å². The van der Waals surface area contributed by atoms with Gasteiger partial charge in [0.05, 0.1) is 10.7 Å². The number of thiazole rings is 1. The number of benzene rings is 1. The van der Waals surface area contributed by atoms with Crippen LogP contribution in [0.5, 0.6) is 0 Å². The first kappa shape index (κ1) is 13.0. The lowest BCUT2D eigenvalue weighted by molar-refractivity contribution is 0.624. The second kappa shape index (κ2) is 5.93. The van der Waals surface area contributed by atoms with E-state index in [2.05, 4.69) is 10.3 Å². The zero-order valence-corrected chi connectivity index (χ0v) is 11.1. The van der Waals surface area contributed by atoms with Gasteiger partial charge in [-0.25, -0.2) is 9.37 Å². The summed E-state index contributed by atoms with van der Waals surface area (Å²) in [6, 6.07) is 4.89. The molecule has 96 valence electrons. The highest BCUT2D eigenvalue weighted by molar-refractivity contribution is 7.09. The van der Waals surface area contributed by atoms with Crippen molar-refractivity contribution in [3.63, 3.8) is 0 Å². The first-order valence-corrected chi connectivity index (χ1v) is 6.69. The number of hydrogen-bond donors (Lipinski definition) is 2. The minimum absolute atomic E-state index is 0.192. The molecule has 0 radical (unpaired) electrons. The summed E-state index contributed by atoms with van der Waals surface area (Å²) in [6.07, 6.45) is 0.899. The number of aromatic nitrogens is 1. The topological polar surface area (TPSA) is 50.9 Å². The van der Waals surface area contributed by atoms with E-state index in [1.54, 1.807) is 17.4 Å². The first-order chi connectivity index (χ1) is 8.65. The number of nitrogens with zero attached hydrogens (tertiary/aromatic N) is 1. The van der Waals surface area contributed by atoms with Crippen LogP contribution in [-0.2, 0) is 13.0 Å². The summed E-state index contributed by atoms with van der Waals surface area (Å²) in [5, 5.41) is 6.44. The Hall–Kier alpha value is -1.46. The smallest absolute Gasteiger partial charge is 0.146 e. The largest absolute Gasteiger partial charge is 0.396 e. The van der Waals surface area contributed by atoms with Gasteiger partial charge in [0.1, 0.15) is 5.82 Å². The Balaban J connectivity index is 1.76. The molecular formula is C13H16FN3S. The van der Waals surface area contributed by atoms with Crippen LogP contribution in [0, 0.1) is 12.7 Å². The molecule has 0 aliphatic heterocycles. The Kier molecular flexibility index (Phi) is 4.28. The summed E-state index contributed by atoms with van der Waals surface area (Å²) < 4.78 is 13.2. The molecule has 0 bridgehead atoms. The zero-order chi connectivity index (χ0) is 13.0. The van der Waals surface area contributed by atoms with Crippen LogP contribution in [0.1, 0.15) is 16.3 Å². The van der Waals surface area contributed by atoms with E-state index >= 15 is 0 Å². The van der Waals surface area contributed by atoms with Gasteiger partial charge in [-0.1, -0.05) is 6.07 Å². The van der Waals surface area contributed by atoms with Crippen LogP contribution in [0.25, 0.3) is 0 Å². The number of halogens is 1. The Labute approximate surface area is 110 Å². The molecule has 2 rings (SSSR count). The molecule has 0 aliphatic carbocycles. The third-order valence-corrected chi connectivity index (χ3v) is 3.60. The van der Waals surface area contributed by atoms with Gasteiger partial charge in [0.15, 0.2) is 0 Å². The molecule has 1 heterocycles. The Morgan fingerprint density at radius 2 is 2.28 bits per heavy atom. The maximum Gasteiger partial charge on any atom is 0.146 e. The Morgan fingerprint density at radius 1 is 1.44 bits per heavy atom. The SMILES string of the molecule is Cc1csc(CCNCc2ccc(N)c(F)c2)n1. The number of hydrogen-bond acceptors (Lipinski definition) is 4. The van der Waals surface area contributed by atoms with Gasteiger partial charge in [-0.3, -0.25) is 0 Å². The summed E-state index contributed by atoms with van der Waals surface area (Å²) in [6.45, 7) is 3.46.